The van der Waals surface area contributed by atoms with E-state index in [9.17, 15) is 5.11 Å². The van der Waals surface area contributed by atoms with E-state index in [1.807, 2.05) is 30.3 Å². The Morgan fingerprint density at radius 1 is 1.20 bits per heavy atom. The Bertz CT molecular complexity index is 508. The summed E-state index contributed by atoms with van der Waals surface area (Å²) in [5.74, 6) is 0. The average Bonchev–Trinajstić information content (AvgIpc) is 2.98. The molecule has 1 unspecified atom stereocenters. The summed E-state index contributed by atoms with van der Waals surface area (Å²) in [6.45, 7) is 7.13. The van der Waals surface area contributed by atoms with Gasteiger partial charge in [-0.3, -0.25) is 0 Å². The molecule has 0 spiro atoms. The fourth-order valence-electron chi connectivity index (χ4n) is 2.23. The molecule has 108 valence electrons. The van der Waals surface area contributed by atoms with Gasteiger partial charge in [0.1, 0.15) is 0 Å². The second-order valence-corrected chi connectivity index (χ2v) is 4.74. The van der Waals surface area contributed by atoms with Crippen molar-refractivity contribution in [2.45, 2.75) is 26.4 Å². The third-order valence-electron chi connectivity index (χ3n) is 3.53. The molecule has 2 rings (SSSR count). The second kappa shape index (κ2) is 7.17. The fourth-order valence-corrected chi connectivity index (χ4v) is 2.23. The molecule has 0 saturated heterocycles. The number of hydrogen-bond donors (Lipinski definition) is 1. The molecule has 5 heteroatoms. The lowest BCUT2D eigenvalue weighted by atomic mass is 10.2. The van der Waals surface area contributed by atoms with Gasteiger partial charge in [-0.05, 0) is 31.6 Å². The molecule has 1 N–H and O–H groups in total. The van der Waals surface area contributed by atoms with Gasteiger partial charge in [0.05, 0.1) is 23.7 Å². The minimum absolute atomic E-state index is 0.550. The molecule has 0 aliphatic rings. The van der Waals surface area contributed by atoms with Gasteiger partial charge in [-0.15, -0.1) is 5.10 Å². The van der Waals surface area contributed by atoms with E-state index in [-0.39, 0.29) is 0 Å². The van der Waals surface area contributed by atoms with Gasteiger partial charge < -0.3 is 10.0 Å². The SMILES string of the molecule is CCN(CC)CCC(O)c1cnnn1-c1ccccc1. The first-order valence-corrected chi connectivity index (χ1v) is 7.12. The molecule has 1 heterocycles. The van der Waals surface area contributed by atoms with Crippen LogP contribution < -0.4 is 0 Å². The molecule has 1 aromatic carbocycles. The summed E-state index contributed by atoms with van der Waals surface area (Å²) in [7, 11) is 0. The largest absolute Gasteiger partial charge is 0.387 e. The standard InChI is InChI=1S/C15H22N4O/c1-3-18(4-2)11-10-15(20)14-12-16-17-19(14)13-8-6-5-7-9-13/h5-9,12,15,20H,3-4,10-11H2,1-2H3. The maximum atomic E-state index is 10.4. The molecular formula is C15H22N4O. The number of aromatic nitrogens is 3. The molecule has 20 heavy (non-hydrogen) atoms. The van der Waals surface area contributed by atoms with Gasteiger partial charge in [0.15, 0.2) is 0 Å². The van der Waals surface area contributed by atoms with E-state index >= 15 is 0 Å². The van der Waals surface area contributed by atoms with E-state index in [0.717, 1.165) is 31.0 Å². The molecular weight excluding hydrogens is 252 g/mol. The van der Waals surface area contributed by atoms with Crippen LogP contribution in [0.1, 0.15) is 32.1 Å². The normalized spacial score (nSPS) is 12.8. The summed E-state index contributed by atoms with van der Waals surface area (Å²) in [6, 6.07) is 9.76. The Morgan fingerprint density at radius 2 is 1.90 bits per heavy atom. The van der Waals surface area contributed by atoms with Crippen molar-refractivity contribution >= 4 is 0 Å². The number of para-hydroxylation sites is 1. The zero-order chi connectivity index (χ0) is 14.4. The maximum absolute atomic E-state index is 10.4. The highest BCUT2D eigenvalue weighted by Crippen LogP contribution is 2.19. The summed E-state index contributed by atoms with van der Waals surface area (Å²) in [6.07, 6.45) is 1.77. The fraction of sp³-hybridized carbons (Fsp3) is 0.467. The van der Waals surface area contributed by atoms with Crippen LogP contribution in [0.2, 0.25) is 0 Å². The predicted octanol–water partition coefficient (Wildman–Crippen LogP) is 2.03. The highest BCUT2D eigenvalue weighted by atomic mass is 16.3. The van der Waals surface area contributed by atoms with Gasteiger partial charge in [0, 0.05) is 6.54 Å². The number of benzene rings is 1. The average molecular weight is 274 g/mol. The first-order valence-electron chi connectivity index (χ1n) is 7.12. The molecule has 2 aromatic rings. The van der Waals surface area contributed by atoms with Crippen molar-refractivity contribution in [2.75, 3.05) is 19.6 Å². The van der Waals surface area contributed by atoms with Crippen molar-refractivity contribution in [1.82, 2.24) is 19.9 Å². The first-order chi connectivity index (χ1) is 9.76. The Hall–Kier alpha value is -1.72. The van der Waals surface area contributed by atoms with Crippen LogP contribution in [0.15, 0.2) is 36.5 Å². The molecule has 0 aliphatic heterocycles. The highest BCUT2D eigenvalue weighted by molar-refractivity contribution is 5.31. The van der Waals surface area contributed by atoms with Crippen LogP contribution in [-0.4, -0.2) is 44.6 Å². The lowest BCUT2D eigenvalue weighted by Crippen LogP contribution is -2.25. The van der Waals surface area contributed by atoms with Crippen LogP contribution in [0.25, 0.3) is 5.69 Å². The van der Waals surface area contributed by atoms with Gasteiger partial charge in [-0.25, -0.2) is 4.68 Å². The third-order valence-corrected chi connectivity index (χ3v) is 3.53. The predicted molar refractivity (Wildman–Crippen MR) is 78.7 cm³/mol. The van der Waals surface area contributed by atoms with E-state index in [2.05, 4.69) is 29.1 Å². The molecule has 0 bridgehead atoms. The van der Waals surface area contributed by atoms with Crippen LogP contribution in [-0.2, 0) is 0 Å². The summed E-state index contributed by atoms with van der Waals surface area (Å²) >= 11 is 0. The second-order valence-electron chi connectivity index (χ2n) is 4.74. The minimum Gasteiger partial charge on any atom is -0.387 e. The van der Waals surface area contributed by atoms with E-state index in [4.69, 9.17) is 0 Å². The number of aliphatic hydroxyl groups excluding tert-OH is 1. The molecule has 5 nitrogen and oxygen atoms in total. The van der Waals surface area contributed by atoms with E-state index < -0.39 is 6.10 Å². The van der Waals surface area contributed by atoms with Crippen LogP contribution in [0.3, 0.4) is 0 Å². The number of hydrogen-bond acceptors (Lipinski definition) is 4. The van der Waals surface area contributed by atoms with Gasteiger partial charge >= 0.3 is 0 Å². The third kappa shape index (κ3) is 3.43. The van der Waals surface area contributed by atoms with Crippen molar-refractivity contribution in [1.29, 1.82) is 0 Å². The molecule has 0 aliphatic carbocycles. The molecule has 0 saturated carbocycles. The van der Waals surface area contributed by atoms with Gasteiger partial charge in [-0.2, -0.15) is 0 Å². The molecule has 1 atom stereocenters. The molecule has 0 amide bonds. The lowest BCUT2D eigenvalue weighted by Gasteiger charge is -2.20. The van der Waals surface area contributed by atoms with Crippen LogP contribution in [0.4, 0.5) is 0 Å². The summed E-state index contributed by atoms with van der Waals surface area (Å²) < 4.78 is 1.70. The van der Waals surface area contributed by atoms with Crippen molar-refractivity contribution < 1.29 is 5.11 Å². The maximum Gasteiger partial charge on any atom is 0.0989 e. The van der Waals surface area contributed by atoms with Gasteiger partial charge in [0.25, 0.3) is 0 Å². The number of nitrogens with zero attached hydrogens (tertiary/aromatic N) is 4. The van der Waals surface area contributed by atoms with E-state index in [0.29, 0.717) is 6.42 Å². The Balaban J connectivity index is 2.08. The van der Waals surface area contributed by atoms with Crippen LogP contribution in [0.5, 0.6) is 0 Å². The Kier molecular flexibility index (Phi) is 5.26. The van der Waals surface area contributed by atoms with Crippen LogP contribution >= 0.6 is 0 Å². The quantitative estimate of drug-likeness (QED) is 0.839. The molecule has 1 aromatic heterocycles. The molecule has 0 fully saturated rings. The van der Waals surface area contributed by atoms with E-state index in [1.165, 1.54) is 0 Å². The van der Waals surface area contributed by atoms with Crippen molar-refractivity contribution in [3.8, 4) is 5.69 Å². The smallest absolute Gasteiger partial charge is 0.0989 e. The first kappa shape index (κ1) is 14.7. The highest BCUT2D eigenvalue weighted by Gasteiger charge is 2.16. The Labute approximate surface area is 119 Å². The van der Waals surface area contributed by atoms with E-state index in [1.54, 1.807) is 10.9 Å². The summed E-state index contributed by atoms with van der Waals surface area (Å²) in [5.41, 5.74) is 1.66. The topological polar surface area (TPSA) is 54.2 Å². The summed E-state index contributed by atoms with van der Waals surface area (Å²) in [5, 5.41) is 18.4. The minimum atomic E-state index is -0.550. The van der Waals surface area contributed by atoms with Crippen molar-refractivity contribution in [3.05, 3.63) is 42.2 Å². The van der Waals surface area contributed by atoms with Gasteiger partial charge in [0.2, 0.25) is 0 Å². The number of aliphatic hydroxyl groups is 1. The van der Waals surface area contributed by atoms with Crippen molar-refractivity contribution in [3.63, 3.8) is 0 Å². The zero-order valence-corrected chi connectivity index (χ0v) is 12.1. The summed E-state index contributed by atoms with van der Waals surface area (Å²) in [4.78, 5) is 2.29. The number of rotatable bonds is 7. The van der Waals surface area contributed by atoms with Gasteiger partial charge in [-0.1, -0.05) is 37.3 Å². The van der Waals surface area contributed by atoms with Crippen molar-refractivity contribution in [2.24, 2.45) is 0 Å². The Morgan fingerprint density at radius 3 is 2.55 bits per heavy atom. The lowest BCUT2D eigenvalue weighted by molar-refractivity contribution is 0.139. The van der Waals surface area contributed by atoms with Crippen LogP contribution in [0, 0.1) is 0 Å². The molecule has 0 radical (unpaired) electrons. The zero-order valence-electron chi connectivity index (χ0n) is 12.1. The monoisotopic (exact) mass is 274 g/mol.